The van der Waals surface area contributed by atoms with E-state index in [0.717, 1.165) is 21.5 Å². The second-order valence-corrected chi connectivity index (χ2v) is 7.46. The van der Waals surface area contributed by atoms with Crippen molar-refractivity contribution in [1.29, 1.82) is 10.5 Å². The molecule has 4 rings (SSSR count). The molecule has 0 atom stereocenters. The number of benzene rings is 4. The molecule has 0 aromatic heterocycles. The first-order chi connectivity index (χ1) is 13.7. The monoisotopic (exact) mass is 396 g/mol. The summed E-state index contributed by atoms with van der Waals surface area (Å²) in [6.45, 7) is 0. The average molecular weight is 396 g/mol. The molecule has 0 saturated heterocycles. The maximum absolute atomic E-state index is 12.0. The predicted molar refractivity (Wildman–Crippen MR) is 111 cm³/mol. The Morgan fingerprint density at radius 1 is 0.571 bits per heavy atom. The SMILES string of the molecule is N#Cc1cccc2c(-c3c(P=O)ccc4c(C#N)cccc34)c(P=O)ccc12. The van der Waals surface area contributed by atoms with Gasteiger partial charge < -0.3 is 0 Å². The van der Waals surface area contributed by atoms with Crippen molar-refractivity contribution in [2.45, 2.75) is 0 Å². The molecular formula is C22H10N2O2P2. The fraction of sp³-hybridized carbons (Fsp3) is 0. The highest BCUT2D eigenvalue weighted by Gasteiger charge is 2.19. The van der Waals surface area contributed by atoms with Crippen LogP contribution in [-0.2, 0) is 9.13 Å². The Morgan fingerprint density at radius 2 is 1.00 bits per heavy atom. The fourth-order valence-electron chi connectivity index (χ4n) is 3.57. The van der Waals surface area contributed by atoms with E-state index in [-0.39, 0.29) is 16.9 Å². The third kappa shape index (κ3) is 2.69. The predicted octanol–water partition coefficient (Wildman–Crippen LogP) is 5.24. The molecule has 0 radical (unpaired) electrons. The molecule has 0 bridgehead atoms. The lowest BCUT2D eigenvalue weighted by Crippen LogP contribution is -2.07. The van der Waals surface area contributed by atoms with E-state index in [0.29, 0.717) is 32.9 Å². The van der Waals surface area contributed by atoms with Gasteiger partial charge in [-0.25, -0.2) is 0 Å². The molecule has 28 heavy (non-hydrogen) atoms. The molecule has 0 heterocycles. The van der Waals surface area contributed by atoms with E-state index < -0.39 is 0 Å². The number of nitriles is 2. The molecule has 0 saturated carbocycles. The second-order valence-electron chi connectivity index (χ2n) is 6.13. The van der Waals surface area contributed by atoms with Gasteiger partial charge in [-0.2, -0.15) is 10.5 Å². The lowest BCUT2D eigenvalue weighted by atomic mass is 9.91. The highest BCUT2D eigenvalue weighted by atomic mass is 31.1. The van der Waals surface area contributed by atoms with E-state index in [1.807, 2.05) is 12.1 Å². The average Bonchev–Trinajstić information content (AvgIpc) is 2.76. The zero-order chi connectivity index (χ0) is 19.7. The Labute approximate surface area is 164 Å². The molecular weight excluding hydrogens is 386 g/mol. The van der Waals surface area contributed by atoms with E-state index in [4.69, 9.17) is 0 Å². The van der Waals surface area contributed by atoms with Crippen LogP contribution < -0.4 is 10.6 Å². The Hall–Kier alpha value is -3.42. The van der Waals surface area contributed by atoms with Gasteiger partial charge in [0, 0.05) is 21.9 Å². The van der Waals surface area contributed by atoms with Crippen LogP contribution in [0.2, 0.25) is 0 Å². The molecule has 4 nitrogen and oxygen atoms in total. The van der Waals surface area contributed by atoms with Crippen LogP contribution in [0.1, 0.15) is 11.1 Å². The number of fused-ring (bicyclic) bond motifs is 2. The van der Waals surface area contributed by atoms with Crippen LogP contribution >= 0.6 is 16.9 Å². The summed E-state index contributed by atoms with van der Waals surface area (Å²) in [5.41, 5.74) is 2.33. The van der Waals surface area contributed by atoms with Crippen LogP contribution in [0.3, 0.4) is 0 Å². The van der Waals surface area contributed by atoms with Gasteiger partial charge in [0.1, 0.15) is 0 Å². The topological polar surface area (TPSA) is 81.7 Å². The summed E-state index contributed by atoms with van der Waals surface area (Å²) >= 11 is 0. The van der Waals surface area contributed by atoms with Crippen LogP contribution in [-0.4, -0.2) is 0 Å². The van der Waals surface area contributed by atoms with E-state index in [1.54, 1.807) is 48.5 Å². The maximum Gasteiger partial charge on any atom is 0.192 e. The van der Waals surface area contributed by atoms with E-state index in [2.05, 4.69) is 12.1 Å². The minimum atomic E-state index is -0.184. The van der Waals surface area contributed by atoms with Gasteiger partial charge in [0.05, 0.1) is 33.9 Å². The molecule has 4 aromatic carbocycles. The molecule has 4 aromatic rings. The van der Waals surface area contributed by atoms with Crippen molar-refractivity contribution >= 4 is 49.1 Å². The third-order valence-electron chi connectivity index (χ3n) is 4.77. The van der Waals surface area contributed by atoms with Gasteiger partial charge in [0.15, 0.2) is 16.9 Å². The molecule has 0 aliphatic heterocycles. The smallest absolute Gasteiger partial charge is 0.192 e. The van der Waals surface area contributed by atoms with Crippen molar-refractivity contribution in [1.82, 2.24) is 0 Å². The van der Waals surface area contributed by atoms with Crippen molar-refractivity contribution in [3.05, 3.63) is 71.8 Å². The highest BCUT2D eigenvalue weighted by Crippen LogP contribution is 2.36. The highest BCUT2D eigenvalue weighted by molar-refractivity contribution is 7.35. The Balaban J connectivity index is 2.28. The van der Waals surface area contributed by atoms with Crippen LogP contribution in [0.5, 0.6) is 0 Å². The normalized spacial score (nSPS) is 10.9. The number of hydrogen-bond donors (Lipinski definition) is 0. The van der Waals surface area contributed by atoms with Crippen LogP contribution in [0.25, 0.3) is 32.7 Å². The van der Waals surface area contributed by atoms with Crippen molar-refractivity contribution in [2.24, 2.45) is 0 Å². The van der Waals surface area contributed by atoms with Gasteiger partial charge >= 0.3 is 0 Å². The van der Waals surface area contributed by atoms with E-state index in [9.17, 15) is 19.7 Å². The molecule has 6 heteroatoms. The standard InChI is InChI=1S/C22H10N2O2P2/c23-11-13-3-1-5-17-15(13)7-9-19(27-25)21(17)22-18-6-2-4-14(12-24)16(18)8-10-20(22)28-26/h1-10H. The third-order valence-corrected chi connectivity index (χ3v) is 5.91. The summed E-state index contributed by atoms with van der Waals surface area (Å²) in [6, 6.07) is 22.1. The number of rotatable bonds is 3. The van der Waals surface area contributed by atoms with Gasteiger partial charge in [-0.15, -0.1) is 0 Å². The molecule has 0 unspecified atom stereocenters. The lowest BCUT2D eigenvalue weighted by Gasteiger charge is -2.15. The van der Waals surface area contributed by atoms with Crippen molar-refractivity contribution in [3.63, 3.8) is 0 Å². The van der Waals surface area contributed by atoms with Gasteiger partial charge in [-0.05, 0) is 35.0 Å². The lowest BCUT2D eigenvalue weighted by molar-refractivity contribution is 0.602. The Bertz CT molecular complexity index is 1270. The summed E-state index contributed by atoms with van der Waals surface area (Å²) in [7, 11) is -0.368. The van der Waals surface area contributed by atoms with E-state index in [1.165, 1.54) is 0 Å². The molecule has 0 aliphatic rings. The minimum absolute atomic E-state index is 0.184. The number of nitrogens with zero attached hydrogens (tertiary/aromatic N) is 2. The van der Waals surface area contributed by atoms with Gasteiger partial charge in [-0.1, -0.05) is 36.4 Å². The summed E-state index contributed by atoms with van der Waals surface area (Å²) in [5.74, 6) is 0. The maximum atomic E-state index is 12.0. The molecule has 0 spiro atoms. The Morgan fingerprint density at radius 3 is 1.36 bits per heavy atom. The van der Waals surface area contributed by atoms with Crippen LogP contribution in [0.4, 0.5) is 0 Å². The summed E-state index contributed by atoms with van der Waals surface area (Å²) in [5, 5.41) is 22.9. The molecule has 0 aliphatic carbocycles. The zero-order valence-electron chi connectivity index (χ0n) is 14.4. The summed E-state index contributed by atoms with van der Waals surface area (Å²) < 4.78 is 23.9. The van der Waals surface area contributed by atoms with Gasteiger partial charge in [-0.3, -0.25) is 9.13 Å². The molecule has 0 N–H and O–H groups in total. The molecule has 0 amide bonds. The first-order valence-corrected chi connectivity index (χ1v) is 9.94. The van der Waals surface area contributed by atoms with Crippen molar-refractivity contribution in [3.8, 4) is 23.3 Å². The van der Waals surface area contributed by atoms with Crippen LogP contribution in [0.15, 0.2) is 60.7 Å². The van der Waals surface area contributed by atoms with Gasteiger partial charge in [0.25, 0.3) is 0 Å². The summed E-state index contributed by atoms with van der Waals surface area (Å²) in [4.78, 5) is 0. The quantitative estimate of drug-likeness (QED) is 0.444. The zero-order valence-corrected chi connectivity index (χ0v) is 16.2. The minimum Gasteiger partial charge on any atom is -0.269 e. The van der Waals surface area contributed by atoms with Crippen molar-refractivity contribution in [2.75, 3.05) is 0 Å². The van der Waals surface area contributed by atoms with Gasteiger partial charge in [0.2, 0.25) is 0 Å². The first kappa shape index (κ1) is 18.0. The fourth-order valence-corrected chi connectivity index (χ4v) is 4.48. The molecule has 130 valence electrons. The van der Waals surface area contributed by atoms with Crippen molar-refractivity contribution < 1.29 is 9.13 Å². The van der Waals surface area contributed by atoms with Crippen LogP contribution in [0, 0.1) is 22.7 Å². The largest absolute Gasteiger partial charge is 0.269 e. The first-order valence-electron chi connectivity index (χ1n) is 8.32. The Kier molecular flexibility index (Phi) is 4.68. The second kappa shape index (κ2) is 7.30. The molecule has 0 fully saturated rings. The summed E-state index contributed by atoms with van der Waals surface area (Å²) in [6.07, 6.45) is 0. The van der Waals surface area contributed by atoms with E-state index >= 15 is 0 Å². The number of hydrogen-bond acceptors (Lipinski definition) is 4.